The van der Waals surface area contributed by atoms with E-state index in [4.69, 9.17) is 4.98 Å². The van der Waals surface area contributed by atoms with Gasteiger partial charge in [0.25, 0.3) is 5.91 Å². The van der Waals surface area contributed by atoms with Crippen molar-refractivity contribution in [1.82, 2.24) is 19.7 Å². The van der Waals surface area contributed by atoms with E-state index in [9.17, 15) is 4.79 Å². The standard InChI is InChI=1S/C25H23N5O/c1-2-14-26-23-24-27-15-22(30(24)16-21(29-23)17-6-4-3-5-7-17)18-8-10-19(11-9-18)25(31)28-20-12-13-20/h2-11,15-16,20H,1,12-14H2,(H,26,29)(H,28,31). The third-order valence-corrected chi connectivity index (χ3v) is 5.33. The molecule has 6 nitrogen and oxygen atoms in total. The first kappa shape index (κ1) is 19.1. The number of nitrogens with one attached hydrogen (secondary N) is 2. The molecule has 1 aliphatic rings. The summed E-state index contributed by atoms with van der Waals surface area (Å²) in [5.74, 6) is 0.687. The van der Waals surface area contributed by atoms with Crippen LogP contribution in [0.1, 0.15) is 23.2 Å². The first-order valence-corrected chi connectivity index (χ1v) is 10.4. The van der Waals surface area contributed by atoms with Gasteiger partial charge in [-0.15, -0.1) is 6.58 Å². The van der Waals surface area contributed by atoms with Crippen molar-refractivity contribution in [3.8, 4) is 22.5 Å². The number of anilines is 1. The van der Waals surface area contributed by atoms with Crippen LogP contribution in [-0.2, 0) is 0 Å². The summed E-state index contributed by atoms with van der Waals surface area (Å²) in [6.07, 6.45) is 7.78. The van der Waals surface area contributed by atoms with Crippen molar-refractivity contribution >= 4 is 17.4 Å². The Morgan fingerprint density at radius 1 is 1.10 bits per heavy atom. The molecule has 0 bridgehead atoms. The van der Waals surface area contributed by atoms with Gasteiger partial charge in [0.05, 0.1) is 17.6 Å². The molecule has 2 aromatic carbocycles. The summed E-state index contributed by atoms with van der Waals surface area (Å²) in [6.45, 7) is 4.37. The first-order valence-electron chi connectivity index (χ1n) is 10.4. The Morgan fingerprint density at radius 3 is 2.58 bits per heavy atom. The van der Waals surface area contributed by atoms with E-state index < -0.39 is 0 Å². The molecule has 1 fully saturated rings. The van der Waals surface area contributed by atoms with Gasteiger partial charge in [0.2, 0.25) is 0 Å². The number of hydrogen-bond acceptors (Lipinski definition) is 4. The molecule has 0 aliphatic heterocycles. The monoisotopic (exact) mass is 409 g/mol. The SMILES string of the molecule is C=CCNc1nc(-c2ccccc2)cn2c(-c3ccc(C(=O)NC4CC4)cc3)cnc12. The van der Waals surface area contributed by atoms with Crippen LogP contribution in [0.5, 0.6) is 0 Å². The van der Waals surface area contributed by atoms with Gasteiger partial charge in [-0.3, -0.25) is 9.20 Å². The number of carbonyl (C=O) groups is 1. The lowest BCUT2D eigenvalue weighted by Crippen LogP contribution is -2.25. The molecule has 0 unspecified atom stereocenters. The van der Waals surface area contributed by atoms with E-state index in [-0.39, 0.29) is 5.91 Å². The topological polar surface area (TPSA) is 71.3 Å². The van der Waals surface area contributed by atoms with Gasteiger partial charge >= 0.3 is 0 Å². The van der Waals surface area contributed by atoms with Crippen LogP contribution in [0.3, 0.4) is 0 Å². The highest BCUT2D eigenvalue weighted by Crippen LogP contribution is 2.28. The molecule has 2 aromatic heterocycles. The summed E-state index contributed by atoms with van der Waals surface area (Å²) in [7, 11) is 0. The van der Waals surface area contributed by atoms with Gasteiger partial charge in [-0.25, -0.2) is 9.97 Å². The van der Waals surface area contributed by atoms with Gasteiger partial charge in [0.15, 0.2) is 11.5 Å². The zero-order chi connectivity index (χ0) is 21.2. The maximum atomic E-state index is 12.3. The van der Waals surface area contributed by atoms with Crippen LogP contribution in [0, 0.1) is 0 Å². The molecule has 4 aromatic rings. The first-order chi connectivity index (χ1) is 15.2. The molecular weight excluding hydrogens is 386 g/mol. The number of rotatable bonds is 7. The van der Waals surface area contributed by atoms with Crippen molar-refractivity contribution in [2.75, 3.05) is 11.9 Å². The Labute approximate surface area is 180 Å². The smallest absolute Gasteiger partial charge is 0.251 e. The van der Waals surface area contributed by atoms with E-state index in [1.165, 1.54) is 0 Å². The molecule has 154 valence electrons. The van der Waals surface area contributed by atoms with Crippen molar-refractivity contribution in [3.63, 3.8) is 0 Å². The van der Waals surface area contributed by atoms with Gasteiger partial charge in [-0.1, -0.05) is 48.5 Å². The lowest BCUT2D eigenvalue weighted by molar-refractivity contribution is 0.0951. The Hall–Kier alpha value is -3.93. The van der Waals surface area contributed by atoms with Gasteiger partial charge < -0.3 is 10.6 Å². The molecule has 1 saturated carbocycles. The predicted molar refractivity (Wildman–Crippen MR) is 123 cm³/mol. The van der Waals surface area contributed by atoms with Crippen LogP contribution >= 0.6 is 0 Å². The molecule has 0 spiro atoms. The van der Waals surface area contributed by atoms with Crippen molar-refractivity contribution in [2.24, 2.45) is 0 Å². The number of imidazole rings is 1. The summed E-state index contributed by atoms with van der Waals surface area (Å²) in [6, 6.07) is 18.1. The van der Waals surface area contributed by atoms with Crippen LogP contribution in [0.25, 0.3) is 28.2 Å². The number of carbonyl (C=O) groups excluding carboxylic acids is 1. The quantitative estimate of drug-likeness (QED) is 0.439. The van der Waals surface area contributed by atoms with E-state index in [0.29, 0.717) is 24.0 Å². The van der Waals surface area contributed by atoms with Crippen LogP contribution in [0.4, 0.5) is 5.82 Å². The maximum absolute atomic E-state index is 12.3. The lowest BCUT2D eigenvalue weighted by atomic mass is 10.1. The normalized spacial score (nSPS) is 13.2. The summed E-state index contributed by atoms with van der Waals surface area (Å²) < 4.78 is 2.04. The van der Waals surface area contributed by atoms with Gasteiger partial charge in [0, 0.05) is 35.5 Å². The highest BCUT2D eigenvalue weighted by atomic mass is 16.1. The van der Waals surface area contributed by atoms with E-state index in [1.54, 1.807) is 6.08 Å². The molecule has 31 heavy (non-hydrogen) atoms. The van der Waals surface area contributed by atoms with Crippen LogP contribution in [0.2, 0.25) is 0 Å². The minimum absolute atomic E-state index is 0.0151. The Morgan fingerprint density at radius 2 is 1.87 bits per heavy atom. The zero-order valence-electron chi connectivity index (χ0n) is 17.1. The number of amides is 1. The van der Waals surface area contributed by atoms with Crippen molar-refractivity contribution in [1.29, 1.82) is 0 Å². The fourth-order valence-electron chi connectivity index (χ4n) is 3.53. The molecule has 0 saturated heterocycles. The molecular formula is C25H23N5O. The van der Waals surface area contributed by atoms with Gasteiger partial charge in [-0.2, -0.15) is 0 Å². The Balaban J connectivity index is 1.55. The zero-order valence-corrected chi connectivity index (χ0v) is 17.1. The van der Waals surface area contributed by atoms with Crippen LogP contribution in [-0.4, -0.2) is 32.9 Å². The number of nitrogens with zero attached hydrogens (tertiary/aromatic N) is 3. The van der Waals surface area contributed by atoms with Crippen LogP contribution in [0.15, 0.2) is 79.6 Å². The third kappa shape index (κ3) is 3.92. The molecule has 0 radical (unpaired) electrons. The predicted octanol–water partition coefficient (Wildman–Crippen LogP) is 4.55. The lowest BCUT2D eigenvalue weighted by Gasteiger charge is -2.11. The van der Waals surface area contributed by atoms with Crippen molar-refractivity contribution < 1.29 is 4.79 Å². The number of fused-ring (bicyclic) bond motifs is 1. The summed E-state index contributed by atoms with van der Waals surface area (Å²) >= 11 is 0. The van der Waals surface area contributed by atoms with E-state index in [0.717, 1.165) is 41.0 Å². The summed E-state index contributed by atoms with van der Waals surface area (Å²) in [4.78, 5) is 21.7. The van der Waals surface area contributed by atoms with Gasteiger partial charge in [-0.05, 0) is 25.0 Å². The molecule has 5 rings (SSSR count). The largest absolute Gasteiger partial charge is 0.363 e. The highest BCUT2D eigenvalue weighted by Gasteiger charge is 2.23. The molecule has 2 heterocycles. The van der Waals surface area contributed by atoms with E-state index in [1.807, 2.05) is 71.4 Å². The summed E-state index contributed by atoms with van der Waals surface area (Å²) in [5.41, 5.74) is 5.20. The van der Waals surface area contributed by atoms with Crippen LogP contribution < -0.4 is 10.6 Å². The molecule has 1 aliphatic carbocycles. The van der Waals surface area contributed by atoms with Crippen molar-refractivity contribution in [2.45, 2.75) is 18.9 Å². The molecule has 2 N–H and O–H groups in total. The number of aromatic nitrogens is 3. The minimum Gasteiger partial charge on any atom is -0.363 e. The minimum atomic E-state index is -0.0151. The number of hydrogen-bond donors (Lipinski definition) is 2. The second-order valence-electron chi connectivity index (χ2n) is 7.67. The number of benzene rings is 2. The molecule has 6 heteroatoms. The maximum Gasteiger partial charge on any atom is 0.251 e. The Kier molecular flexibility index (Phi) is 4.96. The Bertz CT molecular complexity index is 1240. The summed E-state index contributed by atoms with van der Waals surface area (Å²) in [5, 5.41) is 6.32. The van der Waals surface area contributed by atoms with E-state index in [2.05, 4.69) is 22.2 Å². The highest BCUT2D eigenvalue weighted by molar-refractivity contribution is 5.95. The fraction of sp³-hybridized carbons (Fsp3) is 0.160. The average Bonchev–Trinajstić information content (AvgIpc) is 3.53. The van der Waals surface area contributed by atoms with E-state index >= 15 is 0 Å². The van der Waals surface area contributed by atoms with Gasteiger partial charge in [0.1, 0.15) is 0 Å². The molecule has 1 amide bonds. The van der Waals surface area contributed by atoms with Crippen molar-refractivity contribution in [3.05, 3.63) is 85.2 Å². The second-order valence-corrected chi connectivity index (χ2v) is 7.67. The second kappa shape index (κ2) is 8.07. The third-order valence-electron chi connectivity index (χ3n) is 5.33. The average molecular weight is 409 g/mol. The molecule has 0 atom stereocenters. The fourth-order valence-corrected chi connectivity index (χ4v) is 3.53.